The van der Waals surface area contributed by atoms with Crippen molar-refractivity contribution in [2.24, 2.45) is 5.92 Å². The number of carbonyl (C=O) groups excluding carboxylic acids is 3. The molecule has 1 unspecified atom stereocenters. The molecule has 0 radical (unpaired) electrons. The van der Waals surface area contributed by atoms with Crippen LogP contribution in [0.2, 0.25) is 0 Å². The molecule has 9 nitrogen and oxygen atoms in total. The average molecular weight is 470 g/mol. The highest BCUT2D eigenvalue weighted by atomic mass is 16.6. The second-order valence-electron chi connectivity index (χ2n) is 8.15. The fourth-order valence-corrected chi connectivity index (χ4v) is 3.43. The number of benzene rings is 2. The van der Waals surface area contributed by atoms with E-state index in [9.17, 15) is 14.4 Å². The van der Waals surface area contributed by atoms with Gasteiger partial charge in [-0.2, -0.15) is 0 Å². The molecule has 2 aromatic carbocycles. The zero-order valence-electron chi connectivity index (χ0n) is 19.7. The first-order valence-electron chi connectivity index (χ1n) is 11.3. The molecule has 1 heterocycles. The maximum atomic E-state index is 13.2. The molecule has 0 aliphatic carbocycles. The van der Waals surface area contributed by atoms with E-state index in [-0.39, 0.29) is 30.9 Å². The molecule has 3 rings (SSSR count). The lowest BCUT2D eigenvalue weighted by Gasteiger charge is -2.28. The minimum atomic E-state index is -0.783. The highest BCUT2D eigenvalue weighted by Gasteiger charge is 2.29. The number of amides is 3. The Morgan fingerprint density at radius 1 is 1.00 bits per heavy atom. The zero-order chi connectivity index (χ0) is 24.5. The van der Waals surface area contributed by atoms with Crippen molar-refractivity contribution in [1.29, 1.82) is 0 Å². The van der Waals surface area contributed by atoms with E-state index in [2.05, 4.69) is 10.6 Å². The lowest BCUT2D eigenvalue weighted by Crippen LogP contribution is -2.53. The first kappa shape index (κ1) is 24.9. The summed E-state index contributed by atoms with van der Waals surface area (Å²) in [4.78, 5) is 39.6. The van der Waals surface area contributed by atoms with Gasteiger partial charge in [-0.25, -0.2) is 0 Å². The Morgan fingerprint density at radius 3 is 2.38 bits per heavy atom. The molecule has 0 aromatic heterocycles. The molecule has 2 N–H and O–H groups in total. The number of hydrogen-bond donors (Lipinski definition) is 2. The summed E-state index contributed by atoms with van der Waals surface area (Å²) in [7, 11) is 0. The molecule has 0 bridgehead atoms. The average Bonchev–Trinajstić information content (AvgIpc) is 2.84. The number of hydrogen-bond acceptors (Lipinski definition) is 6. The smallest absolute Gasteiger partial charge is 0.258 e. The highest BCUT2D eigenvalue weighted by molar-refractivity contribution is 5.96. The molecule has 0 fully saturated rings. The van der Waals surface area contributed by atoms with E-state index in [0.29, 0.717) is 42.7 Å². The van der Waals surface area contributed by atoms with Gasteiger partial charge in [0.25, 0.3) is 5.91 Å². The first-order valence-corrected chi connectivity index (χ1v) is 11.3. The summed E-state index contributed by atoms with van der Waals surface area (Å²) >= 11 is 0. The Balaban J connectivity index is 1.56. The van der Waals surface area contributed by atoms with Crippen molar-refractivity contribution >= 4 is 23.4 Å². The molecule has 1 atom stereocenters. The molecule has 9 heteroatoms. The summed E-state index contributed by atoms with van der Waals surface area (Å²) in [5.74, 6) is 0.483. The van der Waals surface area contributed by atoms with Crippen molar-refractivity contribution in [1.82, 2.24) is 10.2 Å². The summed E-state index contributed by atoms with van der Waals surface area (Å²) in [6, 6.07) is 13.3. The highest BCUT2D eigenvalue weighted by Crippen LogP contribution is 2.32. The van der Waals surface area contributed by atoms with Gasteiger partial charge in [-0.15, -0.1) is 0 Å². The fourth-order valence-electron chi connectivity index (χ4n) is 3.43. The Labute approximate surface area is 199 Å². The van der Waals surface area contributed by atoms with Gasteiger partial charge in [0.05, 0.1) is 6.54 Å². The summed E-state index contributed by atoms with van der Waals surface area (Å²) in [5, 5.41) is 5.52. The summed E-state index contributed by atoms with van der Waals surface area (Å²) < 4.78 is 16.5. The van der Waals surface area contributed by atoms with Gasteiger partial charge in [0.15, 0.2) is 18.1 Å². The van der Waals surface area contributed by atoms with Crippen LogP contribution in [-0.2, 0) is 14.4 Å². The number of rotatable bonds is 10. The molecule has 1 aliphatic rings. The van der Waals surface area contributed by atoms with E-state index in [0.717, 1.165) is 0 Å². The van der Waals surface area contributed by atoms with Crippen molar-refractivity contribution in [3.8, 4) is 17.2 Å². The molecule has 2 aromatic rings. The quantitative estimate of drug-likeness (QED) is 0.554. The third kappa shape index (κ3) is 6.87. The Morgan fingerprint density at radius 2 is 1.71 bits per heavy atom. The van der Waals surface area contributed by atoms with Crippen LogP contribution >= 0.6 is 0 Å². The number of nitrogens with one attached hydrogen (secondary N) is 2. The third-order valence-electron chi connectivity index (χ3n) is 5.22. The van der Waals surface area contributed by atoms with Crippen LogP contribution in [0.15, 0.2) is 48.5 Å². The number of carbonyl (C=O) groups is 3. The number of anilines is 1. The van der Waals surface area contributed by atoms with Crippen molar-refractivity contribution < 1.29 is 28.6 Å². The van der Waals surface area contributed by atoms with Crippen LogP contribution < -0.4 is 24.8 Å². The lowest BCUT2D eigenvalue weighted by molar-refractivity contribution is -0.139. The monoisotopic (exact) mass is 469 g/mol. The summed E-state index contributed by atoms with van der Waals surface area (Å²) in [5.41, 5.74) is 0.546. The van der Waals surface area contributed by atoms with E-state index in [1.807, 2.05) is 32.0 Å². The van der Waals surface area contributed by atoms with Gasteiger partial charge in [-0.05, 0) is 37.1 Å². The Kier molecular flexibility index (Phi) is 8.73. The Bertz CT molecular complexity index is 995. The third-order valence-corrected chi connectivity index (χ3v) is 5.22. The van der Waals surface area contributed by atoms with Gasteiger partial charge in [0.2, 0.25) is 11.8 Å². The minimum absolute atomic E-state index is 0.149. The second-order valence-corrected chi connectivity index (χ2v) is 8.15. The number of nitrogens with zero attached hydrogens (tertiary/aromatic N) is 1. The van der Waals surface area contributed by atoms with Crippen LogP contribution in [0.4, 0.5) is 5.69 Å². The van der Waals surface area contributed by atoms with Crippen molar-refractivity contribution in [2.45, 2.75) is 26.8 Å². The number of likely N-dealkylation sites (N-methyl/N-ethyl adjacent to an activating group) is 1. The van der Waals surface area contributed by atoms with Crippen LogP contribution in [0.25, 0.3) is 0 Å². The van der Waals surface area contributed by atoms with Gasteiger partial charge in [-0.1, -0.05) is 32.0 Å². The van der Waals surface area contributed by atoms with Crippen LogP contribution in [0, 0.1) is 5.92 Å². The standard InChI is InChI=1S/C25H31N3O6/c1-4-28(15-22(29)26-18-10-11-20-21(14-18)33-13-12-32-20)25(31)24(17(2)3)27-23(30)16-34-19-8-6-5-7-9-19/h5-11,14,17,24H,4,12-13,15-16H2,1-3H3,(H,26,29)(H,27,30). The largest absolute Gasteiger partial charge is 0.486 e. The van der Waals surface area contributed by atoms with Gasteiger partial charge in [0.1, 0.15) is 25.0 Å². The molecule has 34 heavy (non-hydrogen) atoms. The number of ether oxygens (including phenoxy) is 3. The van der Waals surface area contributed by atoms with E-state index in [1.165, 1.54) is 4.90 Å². The van der Waals surface area contributed by atoms with Crippen molar-refractivity contribution in [3.05, 3.63) is 48.5 Å². The second kappa shape index (κ2) is 11.9. The first-order chi connectivity index (χ1) is 16.4. The molecule has 0 saturated heterocycles. The Hall–Kier alpha value is -3.75. The summed E-state index contributed by atoms with van der Waals surface area (Å²) in [6.07, 6.45) is 0. The normalized spacial score (nSPS) is 13.1. The van der Waals surface area contributed by atoms with E-state index < -0.39 is 11.9 Å². The van der Waals surface area contributed by atoms with E-state index >= 15 is 0 Å². The molecule has 0 spiro atoms. The van der Waals surface area contributed by atoms with Crippen molar-refractivity contribution in [2.75, 3.05) is 38.2 Å². The van der Waals surface area contributed by atoms with Crippen LogP contribution in [0.3, 0.4) is 0 Å². The fraction of sp³-hybridized carbons (Fsp3) is 0.400. The summed E-state index contributed by atoms with van der Waals surface area (Å²) in [6.45, 7) is 6.34. The van der Waals surface area contributed by atoms with Gasteiger partial charge < -0.3 is 29.7 Å². The van der Waals surface area contributed by atoms with Gasteiger partial charge >= 0.3 is 0 Å². The molecular formula is C25H31N3O6. The van der Waals surface area contributed by atoms with Crippen LogP contribution in [0.5, 0.6) is 17.2 Å². The van der Waals surface area contributed by atoms with Gasteiger partial charge in [-0.3, -0.25) is 14.4 Å². The molecule has 1 aliphatic heterocycles. The number of fused-ring (bicyclic) bond motifs is 1. The van der Waals surface area contributed by atoms with Crippen LogP contribution in [-0.4, -0.2) is 61.6 Å². The van der Waals surface area contributed by atoms with Crippen molar-refractivity contribution in [3.63, 3.8) is 0 Å². The SMILES string of the molecule is CCN(CC(=O)Nc1ccc2c(c1)OCCO2)C(=O)C(NC(=O)COc1ccccc1)C(C)C. The maximum Gasteiger partial charge on any atom is 0.258 e. The minimum Gasteiger partial charge on any atom is -0.486 e. The zero-order valence-corrected chi connectivity index (χ0v) is 19.7. The molecule has 0 saturated carbocycles. The van der Waals surface area contributed by atoms with E-state index in [4.69, 9.17) is 14.2 Å². The van der Waals surface area contributed by atoms with Gasteiger partial charge in [0, 0.05) is 18.3 Å². The topological polar surface area (TPSA) is 106 Å². The van der Waals surface area contributed by atoms with E-state index in [1.54, 1.807) is 37.3 Å². The number of para-hydroxylation sites is 1. The molecule has 3 amide bonds. The van der Waals surface area contributed by atoms with Crippen LogP contribution in [0.1, 0.15) is 20.8 Å². The maximum absolute atomic E-state index is 13.2. The lowest BCUT2D eigenvalue weighted by atomic mass is 10.0. The molecular weight excluding hydrogens is 438 g/mol. The molecule has 182 valence electrons. The predicted octanol–water partition coefficient (Wildman–Crippen LogP) is 2.46. The predicted molar refractivity (Wildman–Crippen MR) is 127 cm³/mol.